The lowest BCUT2D eigenvalue weighted by Crippen LogP contribution is -2.28. The van der Waals surface area contributed by atoms with Crippen molar-refractivity contribution >= 4 is 47.4 Å². The molecule has 306 valence electrons. The van der Waals surface area contributed by atoms with Gasteiger partial charge in [0.05, 0.1) is 6.07 Å². The molecule has 0 N–H and O–H groups in total. The Balaban J connectivity index is 2.01. The summed E-state index contributed by atoms with van der Waals surface area (Å²) >= 11 is 0. The molecule has 0 aromatic heterocycles. The minimum absolute atomic E-state index is 0.144. The zero-order valence-electron chi connectivity index (χ0n) is 33.5. The number of carbonyl (C=O) groups excluding carboxylic acids is 4. The third kappa shape index (κ3) is 17.9. The third-order valence-corrected chi connectivity index (χ3v) is 8.75. The van der Waals surface area contributed by atoms with E-state index in [1.165, 1.54) is 12.2 Å². The minimum Gasteiger partial charge on any atom is -0.459 e. The van der Waals surface area contributed by atoms with Crippen LogP contribution in [-0.4, -0.2) is 76.5 Å². The van der Waals surface area contributed by atoms with E-state index in [0.29, 0.717) is 24.1 Å². The highest BCUT2D eigenvalue weighted by molar-refractivity contribution is 5.98. The fourth-order valence-corrected chi connectivity index (χ4v) is 5.55. The van der Waals surface area contributed by atoms with Gasteiger partial charge in [0.2, 0.25) is 0 Å². The summed E-state index contributed by atoms with van der Waals surface area (Å²) in [4.78, 5) is 51.6. The van der Waals surface area contributed by atoms with Crippen LogP contribution in [-0.2, 0) is 38.1 Å². The first kappa shape index (κ1) is 47.5. The van der Waals surface area contributed by atoms with E-state index in [0.717, 1.165) is 81.7 Å². The number of nitriles is 3. The maximum atomic E-state index is 12.4. The summed E-state index contributed by atoms with van der Waals surface area (Å²) in [5, 5.41) is 29.1. The highest BCUT2D eigenvalue weighted by atomic mass is 16.6. The Morgan fingerprint density at radius 3 is 1.38 bits per heavy atom. The van der Waals surface area contributed by atoms with Crippen molar-refractivity contribution in [3.05, 3.63) is 96.1 Å². The summed E-state index contributed by atoms with van der Waals surface area (Å²) in [5.41, 5.74) is 2.91. The number of rotatable bonds is 27. The smallest absolute Gasteiger partial charge is 0.349 e. The molecule has 58 heavy (non-hydrogen) atoms. The van der Waals surface area contributed by atoms with E-state index < -0.39 is 23.9 Å². The van der Waals surface area contributed by atoms with Crippen molar-refractivity contribution in [2.45, 2.75) is 58.8 Å². The summed E-state index contributed by atoms with van der Waals surface area (Å²) in [5.74, 6) is -3.04. The van der Waals surface area contributed by atoms with Gasteiger partial charge in [-0.05, 0) is 79.6 Å². The van der Waals surface area contributed by atoms with Crippen molar-refractivity contribution < 1.29 is 38.1 Å². The largest absolute Gasteiger partial charge is 0.459 e. The number of hydrogen-bond acceptors (Lipinski definition) is 13. The van der Waals surface area contributed by atoms with Gasteiger partial charge in [0.15, 0.2) is 0 Å². The van der Waals surface area contributed by atoms with Crippen molar-refractivity contribution in [3.8, 4) is 18.2 Å². The van der Waals surface area contributed by atoms with Gasteiger partial charge in [0.25, 0.3) is 0 Å². The average Bonchev–Trinajstić information content (AvgIpc) is 3.25. The summed E-state index contributed by atoms with van der Waals surface area (Å²) in [6.45, 7) is 13.3. The maximum Gasteiger partial charge on any atom is 0.349 e. The highest BCUT2D eigenvalue weighted by Gasteiger charge is 2.16. The summed E-state index contributed by atoms with van der Waals surface area (Å²) in [6.07, 6.45) is 11.1. The molecule has 13 nitrogen and oxygen atoms in total. The molecule has 0 fully saturated rings. The lowest BCUT2D eigenvalue weighted by atomic mass is 10.00. The fraction of sp³-hybridized carbons (Fsp3) is 0.400. The topological polar surface area (TPSA) is 183 Å². The normalized spacial score (nSPS) is 11.4. The number of benzene rings is 2. The number of hydrogen-bond donors (Lipinski definition) is 0. The molecule has 2 aromatic carbocycles. The molecule has 1 atom stereocenters. The summed E-state index contributed by atoms with van der Waals surface area (Å²) < 4.78 is 19.7. The molecule has 0 spiro atoms. The van der Waals surface area contributed by atoms with Gasteiger partial charge >= 0.3 is 23.9 Å². The molecule has 0 saturated carbocycles. The predicted molar refractivity (Wildman–Crippen MR) is 221 cm³/mol. The van der Waals surface area contributed by atoms with Crippen molar-refractivity contribution in [3.63, 3.8) is 0 Å². The van der Waals surface area contributed by atoms with Crippen LogP contribution in [0.15, 0.2) is 85.0 Å². The molecule has 0 radical (unpaired) electrons. The van der Waals surface area contributed by atoms with E-state index >= 15 is 0 Å². The van der Waals surface area contributed by atoms with Crippen molar-refractivity contribution in [2.24, 2.45) is 5.92 Å². The Labute approximate surface area is 342 Å². The number of carbonyl (C=O) groups is 4. The van der Waals surface area contributed by atoms with E-state index in [4.69, 9.17) is 18.9 Å². The quantitative estimate of drug-likeness (QED) is 0.0290. The second-order valence-electron chi connectivity index (χ2n) is 13.0. The highest BCUT2D eigenvalue weighted by Crippen LogP contribution is 2.23. The fourth-order valence-electron chi connectivity index (χ4n) is 5.55. The third-order valence-electron chi connectivity index (χ3n) is 8.75. The van der Waals surface area contributed by atoms with Crippen LogP contribution in [0.2, 0.25) is 0 Å². The first-order valence-electron chi connectivity index (χ1n) is 19.4. The molecule has 0 amide bonds. The van der Waals surface area contributed by atoms with E-state index in [9.17, 15) is 35.0 Å². The van der Waals surface area contributed by atoms with Gasteiger partial charge in [-0.3, -0.25) is 0 Å². The molecule has 0 heterocycles. The Bertz CT molecular complexity index is 1850. The number of ether oxygens (including phenoxy) is 4. The van der Waals surface area contributed by atoms with Gasteiger partial charge in [0.1, 0.15) is 49.7 Å². The number of anilines is 2. The van der Waals surface area contributed by atoms with E-state index in [1.54, 1.807) is 0 Å². The average molecular weight is 792 g/mol. The van der Waals surface area contributed by atoms with E-state index in [1.807, 2.05) is 60.7 Å². The predicted octanol–water partition coefficient (Wildman–Crippen LogP) is 7.27. The Kier molecular flexibility index (Phi) is 22.8. The number of unbranched alkanes of at least 4 members (excludes halogenated alkanes) is 2. The molecular weight excluding hydrogens is 739 g/mol. The number of esters is 4. The Hall–Kier alpha value is -6.65. The van der Waals surface area contributed by atoms with E-state index in [-0.39, 0.29) is 43.5 Å². The summed E-state index contributed by atoms with van der Waals surface area (Å²) in [7, 11) is 0. The standard InChI is InChI=1S/C45H53N5O8/c1-5-9-22-49(40-17-13-35(14-18-40)30-38(33-47)44(53)57-28-26-55-42(51)7-3)24-11-12-37(32-46)21-25-50(23-10-6-2)41-19-15-36(16-20-41)31-39(34-48)45(54)58-29-27-56-43(52)8-4/h7-8,13-20,30-31,37H,3-6,9-12,21-29H2,1-2H3. The Morgan fingerprint density at radius 2 is 1.00 bits per heavy atom. The lowest BCUT2D eigenvalue weighted by Gasteiger charge is -2.27. The first-order chi connectivity index (χ1) is 28.1. The SMILES string of the molecule is C=CC(=O)OCCOC(=O)C(C#N)=Cc1ccc(N(CCCC)CCCC(C#N)CCN(CCCC)c2ccc(C=C(C#N)C(=O)OCCOC(=O)C=C)cc2)cc1. The molecule has 0 aliphatic carbocycles. The second kappa shape index (κ2) is 27.9. The molecule has 0 aliphatic heterocycles. The number of nitrogens with zero attached hydrogens (tertiary/aromatic N) is 5. The maximum absolute atomic E-state index is 12.4. The molecule has 2 aromatic rings. The molecule has 1 unspecified atom stereocenters. The van der Waals surface area contributed by atoms with Gasteiger partial charge in [-0.1, -0.05) is 64.1 Å². The van der Waals surface area contributed by atoms with Crippen molar-refractivity contribution in [1.29, 1.82) is 15.8 Å². The molecule has 0 bridgehead atoms. The van der Waals surface area contributed by atoms with Gasteiger partial charge in [-0.25, -0.2) is 19.2 Å². The van der Waals surface area contributed by atoms with Crippen LogP contribution in [0.3, 0.4) is 0 Å². The van der Waals surface area contributed by atoms with Crippen LogP contribution in [0.5, 0.6) is 0 Å². The second-order valence-corrected chi connectivity index (χ2v) is 13.0. The van der Waals surface area contributed by atoms with Gasteiger partial charge in [0, 0.05) is 55.6 Å². The Morgan fingerprint density at radius 1 is 0.603 bits per heavy atom. The van der Waals surface area contributed by atoms with Crippen LogP contribution in [0.4, 0.5) is 11.4 Å². The molecule has 0 aliphatic rings. The summed E-state index contributed by atoms with van der Waals surface area (Å²) in [6, 6.07) is 21.3. The monoisotopic (exact) mass is 791 g/mol. The van der Waals surface area contributed by atoms with Crippen LogP contribution in [0.1, 0.15) is 69.9 Å². The van der Waals surface area contributed by atoms with Crippen LogP contribution in [0, 0.1) is 39.9 Å². The van der Waals surface area contributed by atoms with Crippen LogP contribution < -0.4 is 9.80 Å². The van der Waals surface area contributed by atoms with E-state index in [2.05, 4.69) is 42.9 Å². The minimum atomic E-state index is -0.816. The molecule has 2 rings (SSSR count). The molecule has 0 saturated heterocycles. The lowest BCUT2D eigenvalue weighted by molar-refractivity contribution is -0.146. The zero-order chi connectivity index (χ0) is 42.5. The van der Waals surface area contributed by atoms with Crippen molar-refractivity contribution in [2.75, 3.05) is 62.4 Å². The molecular formula is C45H53N5O8. The van der Waals surface area contributed by atoms with Gasteiger partial charge < -0.3 is 28.7 Å². The zero-order valence-corrected chi connectivity index (χ0v) is 33.5. The van der Waals surface area contributed by atoms with Gasteiger partial charge in [-0.15, -0.1) is 0 Å². The van der Waals surface area contributed by atoms with Crippen LogP contribution in [0.25, 0.3) is 12.2 Å². The van der Waals surface area contributed by atoms with Gasteiger partial charge in [-0.2, -0.15) is 15.8 Å². The molecule has 13 heteroatoms. The van der Waals surface area contributed by atoms with Crippen LogP contribution >= 0.6 is 0 Å². The first-order valence-corrected chi connectivity index (χ1v) is 19.4. The van der Waals surface area contributed by atoms with Crippen molar-refractivity contribution in [1.82, 2.24) is 0 Å².